The summed E-state index contributed by atoms with van der Waals surface area (Å²) in [6.07, 6.45) is 0. The van der Waals surface area contributed by atoms with Gasteiger partial charge in [0.05, 0.1) is 0 Å². The molecule has 32 valence electrons. The van der Waals surface area contributed by atoms with Crippen LogP contribution in [0.25, 0.3) is 0 Å². The molecule has 0 aromatic rings. The van der Waals surface area contributed by atoms with E-state index in [4.69, 9.17) is 14.7 Å². The van der Waals surface area contributed by atoms with Gasteiger partial charge in [-0.3, -0.25) is 0 Å². The average Bonchev–Trinajstić information content (AvgIpc) is 1.38. The molecule has 0 aromatic heterocycles. The second kappa shape index (κ2) is 6.11. The Labute approximate surface area is 57.3 Å². The van der Waals surface area contributed by atoms with E-state index in [0.717, 1.165) is 0 Å². The van der Waals surface area contributed by atoms with Gasteiger partial charge in [0.1, 0.15) is 0 Å². The van der Waals surface area contributed by atoms with Crippen molar-refractivity contribution in [3.8, 4) is 0 Å². The van der Waals surface area contributed by atoms with E-state index in [-0.39, 0.29) is 29.6 Å². The van der Waals surface area contributed by atoms with Crippen LogP contribution in [0.5, 0.6) is 0 Å². The maximum absolute atomic E-state index is 8.97. The van der Waals surface area contributed by atoms with Gasteiger partial charge in [-0.1, -0.05) is 0 Å². The van der Waals surface area contributed by atoms with Crippen LogP contribution in [0.2, 0.25) is 0 Å². The van der Waals surface area contributed by atoms with Crippen LogP contribution in [0.3, 0.4) is 0 Å². The molecule has 0 aromatic carbocycles. The fraction of sp³-hybridized carbons (Fsp3) is 0. The van der Waals surface area contributed by atoms with Crippen LogP contribution in [-0.4, -0.2) is 5.26 Å². The molecule has 0 aliphatic heterocycles. The quantitative estimate of drug-likeness (QED) is 0.167. The van der Waals surface area contributed by atoms with E-state index in [2.05, 4.69) is 4.67 Å². The van der Waals surface area contributed by atoms with Gasteiger partial charge in [-0.05, 0) is 0 Å². The monoisotopic (exact) mass is 120 g/mol. The van der Waals surface area contributed by atoms with Crippen molar-refractivity contribution >= 4 is 8.25 Å². The van der Waals surface area contributed by atoms with Crippen LogP contribution >= 0.6 is 8.25 Å². The molecule has 0 saturated carbocycles. The first-order valence-corrected chi connectivity index (χ1v) is 2.02. The van der Waals surface area contributed by atoms with Crippen molar-refractivity contribution in [1.29, 1.82) is 0 Å². The summed E-state index contributed by atoms with van der Waals surface area (Å²) in [7, 11) is -3.32. The first-order valence-electron chi connectivity index (χ1n) is 0.795. The molecule has 0 radical (unpaired) electrons. The van der Waals surface area contributed by atoms with E-state index < -0.39 is 8.25 Å². The second-order valence-corrected chi connectivity index (χ2v) is 1.02. The molecular formula is H2NaO4P. The Balaban J connectivity index is 0. The molecule has 4 nitrogen and oxygen atoms in total. The maximum Gasteiger partial charge on any atom is 1.00 e. The molecule has 0 heterocycles. The minimum Gasteiger partial charge on any atom is -0.779 e. The summed E-state index contributed by atoms with van der Waals surface area (Å²) in [5.41, 5.74) is 0. The van der Waals surface area contributed by atoms with Crippen LogP contribution in [0.1, 0.15) is 0 Å². The second-order valence-electron chi connectivity index (χ2n) is 0.341. The van der Waals surface area contributed by atoms with Gasteiger partial charge in [0.15, 0.2) is 8.25 Å². The summed E-state index contributed by atoms with van der Waals surface area (Å²) in [5, 5.41) is 7.06. The van der Waals surface area contributed by atoms with Crippen LogP contribution in [0.15, 0.2) is 0 Å². The molecule has 0 bridgehead atoms. The SMILES string of the molecule is O=[PH]([O-])OO.[Na+]. The molecule has 1 unspecified atom stereocenters. The standard InChI is InChI=1S/Na.H3O4P/c;1-4-5(2)3/h;1,5H,(H,2,3)/q+1;/p-1. The third-order valence-electron chi connectivity index (χ3n) is 0.0745. The minimum absolute atomic E-state index is 0. The molecule has 0 spiro atoms. The number of hydrogen-bond acceptors (Lipinski definition) is 4. The fourth-order valence-corrected chi connectivity index (χ4v) is 0. The van der Waals surface area contributed by atoms with Gasteiger partial charge in [0.2, 0.25) is 0 Å². The van der Waals surface area contributed by atoms with Crippen molar-refractivity contribution in [1.82, 2.24) is 0 Å². The smallest absolute Gasteiger partial charge is 0.779 e. The van der Waals surface area contributed by atoms with Gasteiger partial charge in [-0.25, -0.2) is 5.26 Å². The Bertz CT molecular complexity index is 42.8. The third kappa shape index (κ3) is 8.92. The van der Waals surface area contributed by atoms with Crippen LogP contribution < -0.4 is 34.5 Å². The Morgan fingerprint density at radius 2 is 2.00 bits per heavy atom. The van der Waals surface area contributed by atoms with E-state index in [1.807, 2.05) is 0 Å². The van der Waals surface area contributed by atoms with Gasteiger partial charge < -0.3 is 9.46 Å². The Morgan fingerprint density at radius 3 is 2.00 bits per heavy atom. The zero-order chi connectivity index (χ0) is 4.28. The molecule has 0 rings (SSSR count). The van der Waals surface area contributed by atoms with Gasteiger partial charge in [0.25, 0.3) is 0 Å². The number of rotatable bonds is 1. The first kappa shape index (κ1) is 10.2. The Morgan fingerprint density at radius 1 is 1.83 bits per heavy atom. The molecule has 1 atom stereocenters. The average molecular weight is 120 g/mol. The topological polar surface area (TPSA) is 69.6 Å². The van der Waals surface area contributed by atoms with Crippen molar-refractivity contribution in [2.75, 3.05) is 0 Å². The van der Waals surface area contributed by atoms with Crippen molar-refractivity contribution in [3.63, 3.8) is 0 Å². The number of hydrogen-bond donors (Lipinski definition) is 1. The van der Waals surface area contributed by atoms with Crippen molar-refractivity contribution in [2.24, 2.45) is 0 Å². The van der Waals surface area contributed by atoms with Gasteiger partial charge in [0, 0.05) is 0 Å². The predicted octanol–water partition coefficient (Wildman–Crippen LogP) is -3.77. The van der Waals surface area contributed by atoms with E-state index >= 15 is 0 Å². The molecule has 0 aliphatic rings. The molecule has 6 heteroatoms. The summed E-state index contributed by atoms with van der Waals surface area (Å²) in [4.78, 5) is 8.97. The molecule has 1 N–H and O–H groups in total. The van der Waals surface area contributed by atoms with Crippen molar-refractivity contribution in [2.45, 2.75) is 0 Å². The van der Waals surface area contributed by atoms with Crippen LogP contribution in [-0.2, 0) is 9.24 Å². The molecule has 0 saturated heterocycles. The summed E-state index contributed by atoms with van der Waals surface area (Å²) in [5.74, 6) is 0. The van der Waals surface area contributed by atoms with E-state index in [0.29, 0.717) is 0 Å². The van der Waals surface area contributed by atoms with Crippen molar-refractivity contribution < 1.29 is 48.9 Å². The molecular weight excluding hydrogens is 118 g/mol. The van der Waals surface area contributed by atoms with E-state index in [9.17, 15) is 0 Å². The molecule has 0 fully saturated rings. The zero-order valence-electron chi connectivity index (χ0n) is 3.17. The predicted molar refractivity (Wildman–Crippen MR) is 12.7 cm³/mol. The summed E-state index contributed by atoms with van der Waals surface area (Å²) >= 11 is 0. The normalized spacial score (nSPS) is 12.3. The summed E-state index contributed by atoms with van der Waals surface area (Å²) in [6, 6.07) is 0. The van der Waals surface area contributed by atoms with E-state index in [1.165, 1.54) is 0 Å². The first-order chi connectivity index (χ1) is 2.27. The fourth-order valence-electron chi connectivity index (χ4n) is 0. The zero-order valence-corrected chi connectivity index (χ0v) is 6.17. The van der Waals surface area contributed by atoms with Gasteiger partial charge >= 0.3 is 29.6 Å². The van der Waals surface area contributed by atoms with Gasteiger partial charge in [-0.2, -0.15) is 4.67 Å². The third-order valence-corrected chi connectivity index (χ3v) is 0.224. The largest absolute Gasteiger partial charge is 1.00 e. The van der Waals surface area contributed by atoms with E-state index in [1.54, 1.807) is 0 Å². The summed E-state index contributed by atoms with van der Waals surface area (Å²) < 4.78 is 11.7. The Hall–Kier alpha value is 1.11. The maximum atomic E-state index is 8.97. The molecule has 6 heavy (non-hydrogen) atoms. The van der Waals surface area contributed by atoms with Crippen molar-refractivity contribution in [3.05, 3.63) is 0 Å². The van der Waals surface area contributed by atoms with Gasteiger partial charge in [-0.15, -0.1) is 0 Å². The van der Waals surface area contributed by atoms with Crippen LogP contribution in [0.4, 0.5) is 0 Å². The Kier molecular flexibility index (Phi) is 10.4. The summed E-state index contributed by atoms with van der Waals surface area (Å²) in [6.45, 7) is 0. The molecule has 0 amide bonds. The van der Waals surface area contributed by atoms with Crippen LogP contribution in [0, 0.1) is 0 Å². The molecule has 0 aliphatic carbocycles. The minimum atomic E-state index is -3.32.